The van der Waals surface area contributed by atoms with Crippen LogP contribution in [-0.4, -0.2) is 142 Å². The highest BCUT2D eigenvalue weighted by molar-refractivity contribution is 5.69. The Morgan fingerprint density at radius 2 is 0.827 bits per heavy atom. The van der Waals surface area contributed by atoms with Crippen LogP contribution in [0.3, 0.4) is 0 Å². The number of rotatable bonds is 49. The summed E-state index contributed by atoms with van der Waals surface area (Å²) in [6.45, 7) is 3.68. The largest absolute Gasteiger partial charge is 0.457 e. The zero-order valence-electron chi connectivity index (χ0n) is 47.0. The van der Waals surface area contributed by atoms with E-state index >= 15 is 0 Å². The quantitative estimate of drug-likeness (QED) is 0.0172. The van der Waals surface area contributed by atoms with E-state index in [0.717, 1.165) is 64.2 Å². The molecule has 0 amide bonds. The van der Waals surface area contributed by atoms with Crippen LogP contribution in [0.1, 0.15) is 232 Å². The molecule has 2 heterocycles. The van der Waals surface area contributed by atoms with Crippen LogP contribution in [0.4, 0.5) is 0 Å². The van der Waals surface area contributed by atoms with Crippen molar-refractivity contribution in [1.82, 2.24) is 0 Å². The van der Waals surface area contributed by atoms with E-state index in [1.165, 1.54) is 141 Å². The minimum absolute atomic E-state index is 0.0560. The van der Waals surface area contributed by atoms with Crippen molar-refractivity contribution in [2.45, 2.75) is 300 Å². The van der Waals surface area contributed by atoms with E-state index in [9.17, 15) is 40.5 Å². The standard InChI is InChI=1S/C61H110O14/c1-3-5-7-9-11-13-15-17-19-21-22-23-24-25-26-27-29-31-33-35-37-39-41-43-45-70-47-50(73-53(63)44-42-40-38-36-34-32-30-28-20-18-16-14-12-10-8-6-4-2)48-71-60-59(69)57(67)55(65)52(75-60)49-72-61-58(68)56(66)54(64)51(46-62)74-61/h15,17-18,20-22,24-25,50-52,54-62,64-69H,3-14,16,19,23,26-49H2,1-2H3/b17-15-,20-18-,22-21-,25-24-. The minimum Gasteiger partial charge on any atom is -0.457 e. The molecule has 0 radical (unpaired) electrons. The highest BCUT2D eigenvalue weighted by atomic mass is 16.7. The lowest BCUT2D eigenvalue weighted by Crippen LogP contribution is -2.61. The van der Waals surface area contributed by atoms with Crippen molar-refractivity contribution in [3.8, 4) is 0 Å². The molecule has 0 bridgehead atoms. The van der Waals surface area contributed by atoms with Gasteiger partial charge in [-0.1, -0.05) is 197 Å². The van der Waals surface area contributed by atoms with Crippen molar-refractivity contribution < 1.29 is 69.0 Å². The van der Waals surface area contributed by atoms with Crippen molar-refractivity contribution in [3.05, 3.63) is 48.6 Å². The molecule has 0 spiro atoms. The first kappa shape index (κ1) is 69.1. The summed E-state index contributed by atoms with van der Waals surface area (Å²) >= 11 is 0. The number of aliphatic hydroxyl groups is 7. The Morgan fingerprint density at radius 3 is 1.31 bits per heavy atom. The van der Waals surface area contributed by atoms with Crippen molar-refractivity contribution >= 4 is 5.97 Å². The number of hydrogen-bond donors (Lipinski definition) is 7. The Labute approximate surface area is 454 Å². The lowest BCUT2D eigenvalue weighted by molar-refractivity contribution is -0.332. The number of aliphatic hydroxyl groups excluding tert-OH is 7. The van der Waals surface area contributed by atoms with Gasteiger partial charge in [0.05, 0.1) is 26.4 Å². The van der Waals surface area contributed by atoms with Gasteiger partial charge in [-0.2, -0.15) is 0 Å². The number of esters is 1. The van der Waals surface area contributed by atoms with Crippen molar-refractivity contribution in [2.24, 2.45) is 0 Å². The fourth-order valence-corrected chi connectivity index (χ4v) is 9.41. The summed E-state index contributed by atoms with van der Waals surface area (Å²) in [5.41, 5.74) is 0. The third kappa shape index (κ3) is 34.5. The van der Waals surface area contributed by atoms with Crippen LogP contribution in [0, 0.1) is 0 Å². The molecule has 0 saturated carbocycles. The van der Waals surface area contributed by atoms with Gasteiger partial charge in [0.25, 0.3) is 0 Å². The van der Waals surface area contributed by atoms with Gasteiger partial charge in [-0.3, -0.25) is 4.79 Å². The maximum Gasteiger partial charge on any atom is 0.306 e. The van der Waals surface area contributed by atoms with Gasteiger partial charge in [0, 0.05) is 13.0 Å². The topological polar surface area (TPSA) is 214 Å². The summed E-state index contributed by atoms with van der Waals surface area (Å²) in [6, 6.07) is 0. The molecule has 0 aliphatic carbocycles. The summed E-state index contributed by atoms with van der Waals surface area (Å²) in [6.07, 6.45) is 41.7. The summed E-state index contributed by atoms with van der Waals surface area (Å²) in [7, 11) is 0. The first-order chi connectivity index (χ1) is 36.6. The van der Waals surface area contributed by atoms with Gasteiger partial charge >= 0.3 is 5.97 Å². The van der Waals surface area contributed by atoms with Gasteiger partial charge in [-0.25, -0.2) is 0 Å². The molecule has 0 aromatic carbocycles. The lowest BCUT2D eigenvalue weighted by atomic mass is 9.98. The number of carbonyl (C=O) groups excluding carboxylic acids is 1. The van der Waals surface area contributed by atoms with Crippen molar-refractivity contribution in [3.63, 3.8) is 0 Å². The summed E-state index contributed by atoms with van der Waals surface area (Å²) < 4.78 is 34.4. The predicted octanol–water partition coefficient (Wildman–Crippen LogP) is 11.1. The SMILES string of the molecule is CCCCCCC/C=C\C/C=C\C/C=C\CCCCCCCCCCCOCC(COC1OC(COC2OC(CO)C(O)C(O)C2O)C(O)C(O)C1O)OC(=O)CCCCCCCCC/C=C\CCCCCCCC. The summed E-state index contributed by atoms with van der Waals surface area (Å²) in [5, 5.41) is 72.4. The Balaban J connectivity index is 1.70. The molecule has 2 aliphatic heterocycles. The number of hydrogen-bond acceptors (Lipinski definition) is 14. The van der Waals surface area contributed by atoms with E-state index in [0.29, 0.717) is 13.0 Å². The maximum absolute atomic E-state index is 13.1. The molecule has 0 aromatic rings. The Bertz CT molecular complexity index is 1420. The second kappa shape index (κ2) is 47.9. The number of ether oxygens (including phenoxy) is 6. The molecule has 2 saturated heterocycles. The lowest BCUT2D eigenvalue weighted by Gasteiger charge is -2.42. The van der Waals surface area contributed by atoms with Crippen LogP contribution in [0.25, 0.3) is 0 Å². The van der Waals surface area contributed by atoms with Crippen LogP contribution in [0.2, 0.25) is 0 Å². The zero-order chi connectivity index (χ0) is 54.4. The molecule has 2 aliphatic rings. The van der Waals surface area contributed by atoms with Gasteiger partial charge < -0.3 is 64.2 Å². The van der Waals surface area contributed by atoms with E-state index in [4.69, 9.17) is 28.4 Å². The molecule has 7 N–H and O–H groups in total. The van der Waals surface area contributed by atoms with E-state index in [1.54, 1.807) is 0 Å². The van der Waals surface area contributed by atoms with E-state index in [1.807, 2.05) is 0 Å². The third-order valence-corrected chi connectivity index (χ3v) is 14.3. The zero-order valence-corrected chi connectivity index (χ0v) is 47.0. The van der Waals surface area contributed by atoms with Crippen LogP contribution in [0.5, 0.6) is 0 Å². The van der Waals surface area contributed by atoms with E-state index in [2.05, 4.69) is 62.5 Å². The summed E-state index contributed by atoms with van der Waals surface area (Å²) in [4.78, 5) is 13.1. The van der Waals surface area contributed by atoms with Crippen molar-refractivity contribution in [1.29, 1.82) is 0 Å². The van der Waals surface area contributed by atoms with Crippen LogP contribution in [-0.2, 0) is 33.2 Å². The van der Waals surface area contributed by atoms with Gasteiger partial charge in [-0.05, 0) is 77.0 Å². The highest BCUT2D eigenvalue weighted by Crippen LogP contribution is 2.27. The maximum atomic E-state index is 13.1. The average molecular weight is 1070 g/mol. The van der Waals surface area contributed by atoms with E-state index < -0.39 is 80.7 Å². The Morgan fingerprint density at radius 1 is 0.440 bits per heavy atom. The highest BCUT2D eigenvalue weighted by Gasteiger charge is 2.47. The molecule has 438 valence electrons. The molecular formula is C61H110O14. The molecule has 75 heavy (non-hydrogen) atoms. The third-order valence-electron chi connectivity index (χ3n) is 14.3. The second-order valence-electron chi connectivity index (χ2n) is 21.2. The average Bonchev–Trinajstić information content (AvgIpc) is 3.41. The Kier molecular flexibility index (Phi) is 44.1. The summed E-state index contributed by atoms with van der Waals surface area (Å²) in [5.74, 6) is -0.381. The number of allylic oxidation sites excluding steroid dienone is 8. The van der Waals surface area contributed by atoms with Crippen LogP contribution >= 0.6 is 0 Å². The van der Waals surface area contributed by atoms with Crippen LogP contribution < -0.4 is 0 Å². The van der Waals surface area contributed by atoms with Gasteiger partial charge in [-0.15, -0.1) is 0 Å². The van der Waals surface area contributed by atoms with Gasteiger partial charge in [0.1, 0.15) is 54.9 Å². The molecule has 2 rings (SSSR count). The number of carbonyl (C=O) groups is 1. The van der Waals surface area contributed by atoms with E-state index in [-0.39, 0.29) is 25.6 Å². The first-order valence-corrected chi connectivity index (χ1v) is 30.2. The Hall–Kier alpha value is -2.05. The minimum atomic E-state index is -1.71. The second-order valence-corrected chi connectivity index (χ2v) is 21.2. The fraction of sp³-hybridized carbons (Fsp3) is 0.852. The number of unbranched alkanes of at least 4 members (excludes halogenated alkanes) is 27. The van der Waals surface area contributed by atoms with Gasteiger partial charge in [0.15, 0.2) is 12.6 Å². The van der Waals surface area contributed by atoms with Crippen LogP contribution in [0.15, 0.2) is 48.6 Å². The molecule has 14 heteroatoms. The molecule has 0 aromatic heterocycles. The molecule has 14 nitrogen and oxygen atoms in total. The molecule has 11 unspecified atom stereocenters. The molecule has 2 fully saturated rings. The fourth-order valence-electron chi connectivity index (χ4n) is 9.41. The smallest absolute Gasteiger partial charge is 0.306 e. The van der Waals surface area contributed by atoms with Gasteiger partial charge in [0.2, 0.25) is 0 Å². The molecular weight excluding hydrogens is 957 g/mol. The first-order valence-electron chi connectivity index (χ1n) is 30.2. The van der Waals surface area contributed by atoms with Crippen molar-refractivity contribution in [2.75, 3.05) is 33.0 Å². The normalized spacial score (nSPS) is 24.9. The molecule has 11 atom stereocenters. The monoisotopic (exact) mass is 1070 g/mol. The predicted molar refractivity (Wildman–Crippen MR) is 298 cm³/mol.